The standard InChI is InChI=1S/C9H15N3O2S/c1-6-4-11-9(12-5-6)8(14-3)7(2)15(10)13/h4-5,7-8H,10H2,1-3H3. The van der Waals surface area contributed by atoms with Gasteiger partial charge in [0.1, 0.15) is 6.10 Å². The number of hydrogen-bond donors (Lipinski definition) is 1. The summed E-state index contributed by atoms with van der Waals surface area (Å²) >= 11 is 0. The summed E-state index contributed by atoms with van der Waals surface area (Å²) in [4.78, 5) is 8.25. The molecule has 5 nitrogen and oxygen atoms in total. The van der Waals surface area contributed by atoms with Gasteiger partial charge >= 0.3 is 0 Å². The van der Waals surface area contributed by atoms with Gasteiger partial charge in [-0.1, -0.05) is 0 Å². The highest BCUT2D eigenvalue weighted by atomic mass is 32.2. The van der Waals surface area contributed by atoms with Crippen LogP contribution in [0.1, 0.15) is 24.4 Å². The summed E-state index contributed by atoms with van der Waals surface area (Å²) in [5.74, 6) is 0.509. The Morgan fingerprint density at radius 3 is 2.40 bits per heavy atom. The highest BCUT2D eigenvalue weighted by Crippen LogP contribution is 2.19. The topological polar surface area (TPSA) is 78.1 Å². The maximum atomic E-state index is 11.1. The van der Waals surface area contributed by atoms with Gasteiger partial charge in [0.05, 0.1) is 16.2 Å². The van der Waals surface area contributed by atoms with Crippen LogP contribution >= 0.6 is 0 Å². The molecule has 84 valence electrons. The Kier molecular flexibility index (Phi) is 4.31. The molecule has 0 saturated carbocycles. The predicted octanol–water partition coefficient (Wildman–Crippen LogP) is 0.483. The van der Waals surface area contributed by atoms with Gasteiger partial charge in [0.15, 0.2) is 5.82 Å². The molecule has 0 aliphatic carbocycles. The van der Waals surface area contributed by atoms with E-state index in [0.29, 0.717) is 5.82 Å². The SMILES string of the molecule is COC(c1ncc(C)cn1)C(C)S(N)=O. The van der Waals surface area contributed by atoms with E-state index in [1.807, 2.05) is 6.92 Å². The third-order valence-corrected chi connectivity index (χ3v) is 3.08. The fraction of sp³-hybridized carbons (Fsp3) is 0.556. The van der Waals surface area contributed by atoms with Crippen molar-refractivity contribution in [1.82, 2.24) is 9.97 Å². The zero-order valence-corrected chi connectivity index (χ0v) is 9.82. The van der Waals surface area contributed by atoms with Crippen molar-refractivity contribution in [3.63, 3.8) is 0 Å². The molecule has 0 radical (unpaired) electrons. The quantitative estimate of drug-likeness (QED) is 0.814. The van der Waals surface area contributed by atoms with Crippen LogP contribution in [-0.4, -0.2) is 26.5 Å². The number of nitrogens with zero attached hydrogens (tertiary/aromatic N) is 2. The summed E-state index contributed by atoms with van der Waals surface area (Å²) in [6.07, 6.45) is 2.96. The second-order valence-corrected chi connectivity index (χ2v) is 4.71. The summed E-state index contributed by atoms with van der Waals surface area (Å²) in [6, 6.07) is 0. The summed E-state index contributed by atoms with van der Waals surface area (Å²) in [5.41, 5.74) is 0.968. The second kappa shape index (κ2) is 5.29. The van der Waals surface area contributed by atoms with E-state index < -0.39 is 17.1 Å². The van der Waals surface area contributed by atoms with E-state index in [4.69, 9.17) is 9.88 Å². The number of ether oxygens (including phenoxy) is 1. The van der Waals surface area contributed by atoms with Crippen LogP contribution in [0.2, 0.25) is 0 Å². The minimum Gasteiger partial charge on any atom is -0.372 e. The first kappa shape index (κ1) is 12.2. The van der Waals surface area contributed by atoms with Gasteiger partial charge in [-0.2, -0.15) is 0 Å². The highest BCUT2D eigenvalue weighted by Gasteiger charge is 2.24. The Morgan fingerprint density at radius 1 is 1.47 bits per heavy atom. The Bertz CT molecular complexity index is 342. The summed E-state index contributed by atoms with van der Waals surface area (Å²) in [7, 11) is 0.0739. The smallest absolute Gasteiger partial charge is 0.158 e. The molecule has 3 unspecified atom stereocenters. The van der Waals surface area contributed by atoms with Crippen LogP contribution in [0.4, 0.5) is 0 Å². The number of methoxy groups -OCH3 is 1. The van der Waals surface area contributed by atoms with E-state index in [1.165, 1.54) is 7.11 Å². The number of nitrogens with two attached hydrogens (primary N) is 1. The van der Waals surface area contributed by atoms with Gasteiger partial charge in [0, 0.05) is 19.5 Å². The van der Waals surface area contributed by atoms with Crippen molar-refractivity contribution < 1.29 is 8.95 Å². The van der Waals surface area contributed by atoms with Gasteiger partial charge in [-0.25, -0.2) is 14.2 Å². The molecule has 0 amide bonds. The van der Waals surface area contributed by atoms with Crippen LogP contribution in [0.3, 0.4) is 0 Å². The molecule has 0 fully saturated rings. The van der Waals surface area contributed by atoms with Crippen LogP contribution in [0.25, 0.3) is 0 Å². The Morgan fingerprint density at radius 2 is 2.00 bits per heavy atom. The van der Waals surface area contributed by atoms with E-state index in [-0.39, 0.29) is 5.25 Å². The minimum absolute atomic E-state index is 0.335. The van der Waals surface area contributed by atoms with E-state index in [9.17, 15) is 4.21 Å². The van der Waals surface area contributed by atoms with E-state index >= 15 is 0 Å². The molecule has 1 rings (SSSR count). The fourth-order valence-electron chi connectivity index (χ4n) is 1.18. The molecule has 0 bridgehead atoms. The van der Waals surface area contributed by atoms with Crippen molar-refractivity contribution in [2.45, 2.75) is 25.2 Å². The molecule has 0 aromatic carbocycles. The minimum atomic E-state index is -1.45. The Hall–Kier alpha value is -0.850. The molecule has 2 N–H and O–H groups in total. The lowest BCUT2D eigenvalue weighted by atomic mass is 10.2. The van der Waals surface area contributed by atoms with Crippen LogP contribution in [0.5, 0.6) is 0 Å². The first-order valence-electron chi connectivity index (χ1n) is 4.52. The zero-order chi connectivity index (χ0) is 11.4. The lowest BCUT2D eigenvalue weighted by Crippen LogP contribution is -2.28. The number of rotatable bonds is 4. The molecule has 0 aliphatic heterocycles. The van der Waals surface area contributed by atoms with E-state index in [0.717, 1.165) is 5.56 Å². The predicted molar refractivity (Wildman–Crippen MR) is 58.3 cm³/mol. The summed E-state index contributed by atoms with van der Waals surface area (Å²) < 4.78 is 16.3. The van der Waals surface area contributed by atoms with Crippen molar-refractivity contribution >= 4 is 11.0 Å². The van der Waals surface area contributed by atoms with Gasteiger partial charge in [-0.15, -0.1) is 0 Å². The maximum Gasteiger partial charge on any atom is 0.158 e. The zero-order valence-electron chi connectivity index (χ0n) is 9.01. The van der Waals surface area contributed by atoms with Gasteiger partial charge in [-0.05, 0) is 19.4 Å². The number of aromatic nitrogens is 2. The van der Waals surface area contributed by atoms with E-state index in [1.54, 1.807) is 19.3 Å². The van der Waals surface area contributed by atoms with Crippen molar-refractivity contribution in [1.29, 1.82) is 0 Å². The molecule has 6 heteroatoms. The summed E-state index contributed by atoms with van der Waals surface area (Å²) in [5, 5.41) is 4.98. The molecule has 3 atom stereocenters. The fourth-order valence-corrected chi connectivity index (χ4v) is 1.65. The van der Waals surface area contributed by atoms with Crippen LogP contribution in [0.15, 0.2) is 12.4 Å². The molecule has 1 aromatic rings. The second-order valence-electron chi connectivity index (χ2n) is 3.31. The average molecular weight is 229 g/mol. The van der Waals surface area contributed by atoms with Crippen LogP contribution in [-0.2, 0) is 15.7 Å². The normalized spacial score (nSPS) is 17.1. The first-order valence-corrected chi connectivity index (χ1v) is 5.80. The lowest BCUT2D eigenvalue weighted by Gasteiger charge is -2.18. The van der Waals surface area contributed by atoms with Crippen molar-refractivity contribution in [3.05, 3.63) is 23.8 Å². The number of aryl methyl sites for hydroxylation is 1. The molecular formula is C9H15N3O2S. The molecule has 0 saturated heterocycles. The third-order valence-electron chi connectivity index (χ3n) is 2.10. The van der Waals surface area contributed by atoms with Crippen molar-refractivity contribution in [2.24, 2.45) is 5.14 Å². The van der Waals surface area contributed by atoms with Crippen molar-refractivity contribution in [3.8, 4) is 0 Å². The van der Waals surface area contributed by atoms with Gasteiger partial charge in [0.25, 0.3) is 0 Å². The summed E-state index contributed by atoms with van der Waals surface area (Å²) in [6.45, 7) is 3.64. The number of hydrogen-bond acceptors (Lipinski definition) is 4. The largest absolute Gasteiger partial charge is 0.372 e. The first-order chi connectivity index (χ1) is 7.06. The Balaban J connectivity index is 2.92. The molecular weight excluding hydrogens is 214 g/mol. The van der Waals surface area contributed by atoms with Crippen LogP contribution < -0.4 is 5.14 Å². The third kappa shape index (κ3) is 3.05. The van der Waals surface area contributed by atoms with Crippen LogP contribution in [0, 0.1) is 6.92 Å². The molecule has 1 heterocycles. The maximum absolute atomic E-state index is 11.1. The van der Waals surface area contributed by atoms with E-state index in [2.05, 4.69) is 9.97 Å². The van der Waals surface area contributed by atoms with Gasteiger partial charge in [0.2, 0.25) is 0 Å². The lowest BCUT2D eigenvalue weighted by molar-refractivity contribution is 0.0960. The molecule has 0 spiro atoms. The average Bonchev–Trinajstić information content (AvgIpc) is 2.21. The van der Waals surface area contributed by atoms with Gasteiger partial charge < -0.3 is 4.74 Å². The van der Waals surface area contributed by atoms with Gasteiger partial charge in [-0.3, -0.25) is 5.14 Å². The monoisotopic (exact) mass is 229 g/mol. The molecule has 1 aromatic heterocycles. The molecule has 15 heavy (non-hydrogen) atoms. The Labute approximate surface area is 91.7 Å². The highest BCUT2D eigenvalue weighted by molar-refractivity contribution is 7.83. The van der Waals surface area contributed by atoms with Crippen molar-refractivity contribution in [2.75, 3.05) is 7.11 Å². The molecule has 0 aliphatic rings.